The van der Waals surface area contributed by atoms with Gasteiger partial charge in [-0.05, 0) is 19.3 Å². The van der Waals surface area contributed by atoms with Gasteiger partial charge < -0.3 is 14.9 Å². The van der Waals surface area contributed by atoms with Crippen molar-refractivity contribution in [2.75, 3.05) is 19.6 Å². The summed E-state index contributed by atoms with van der Waals surface area (Å²) < 4.78 is 0. The van der Waals surface area contributed by atoms with Crippen molar-refractivity contribution < 1.29 is 19.5 Å². The number of rotatable bonds is 7. The van der Waals surface area contributed by atoms with Crippen LogP contribution in [0, 0.1) is 11.8 Å². The molecule has 21 heavy (non-hydrogen) atoms. The Morgan fingerprint density at radius 1 is 1.38 bits per heavy atom. The van der Waals surface area contributed by atoms with Crippen LogP contribution in [0.5, 0.6) is 0 Å². The summed E-state index contributed by atoms with van der Waals surface area (Å²) >= 11 is 0. The van der Waals surface area contributed by atoms with Crippen LogP contribution in [0.4, 0.5) is 0 Å². The summed E-state index contributed by atoms with van der Waals surface area (Å²) in [4.78, 5) is 38.5. The van der Waals surface area contributed by atoms with E-state index in [1.165, 1.54) is 4.90 Å². The van der Waals surface area contributed by atoms with E-state index in [0.717, 1.165) is 0 Å². The summed E-state index contributed by atoms with van der Waals surface area (Å²) in [6.07, 6.45) is 0.882. The Kier molecular flexibility index (Phi) is 6.18. The predicted octanol–water partition coefficient (Wildman–Crippen LogP) is 1.20. The van der Waals surface area contributed by atoms with Crippen LogP contribution in [0.25, 0.3) is 0 Å². The van der Waals surface area contributed by atoms with Crippen LogP contribution in [-0.4, -0.2) is 58.4 Å². The van der Waals surface area contributed by atoms with E-state index in [9.17, 15) is 14.4 Å². The number of hydrogen-bond acceptors (Lipinski definition) is 3. The van der Waals surface area contributed by atoms with Crippen LogP contribution < -0.4 is 0 Å². The van der Waals surface area contributed by atoms with E-state index in [1.807, 2.05) is 27.7 Å². The largest absolute Gasteiger partial charge is 0.480 e. The van der Waals surface area contributed by atoms with Crippen molar-refractivity contribution in [3.05, 3.63) is 0 Å². The van der Waals surface area contributed by atoms with Crippen LogP contribution in [0.15, 0.2) is 0 Å². The molecule has 6 nitrogen and oxygen atoms in total. The van der Waals surface area contributed by atoms with Crippen molar-refractivity contribution in [2.45, 2.75) is 46.6 Å². The molecule has 0 aromatic rings. The highest BCUT2D eigenvalue weighted by Gasteiger charge is 2.37. The van der Waals surface area contributed by atoms with E-state index in [1.54, 1.807) is 4.90 Å². The Morgan fingerprint density at radius 2 is 2.00 bits per heavy atom. The Labute approximate surface area is 126 Å². The van der Waals surface area contributed by atoms with E-state index >= 15 is 0 Å². The van der Waals surface area contributed by atoms with Crippen molar-refractivity contribution in [3.8, 4) is 0 Å². The first-order valence-corrected chi connectivity index (χ1v) is 7.56. The van der Waals surface area contributed by atoms with Crippen LogP contribution >= 0.6 is 0 Å². The van der Waals surface area contributed by atoms with Gasteiger partial charge >= 0.3 is 5.97 Å². The van der Waals surface area contributed by atoms with Crippen LogP contribution in [0.3, 0.4) is 0 Å². The predicted molar refractivity (Wildman–Crippen MR) is 78.6 cm³/mol. The highest BCUT2D eigenvalue weighted by atomic mass is 16.4. The van der Waals surface area contributed by atoms with Gasteiger partial charge in [0.25, 0.3) is 0 Å². The molecule has 2 unspecified atom stereocenters. The van der Waals surface area contributed by atoms with Crippen molar-refractivity contribution in [3.63, 3.8) is 0 Å². The van der Waals surface area contributed by atoms with Gasteiger partial charge in [0.1, 0.15) is 6.54 Å². The topological polar surface area (TPSA) is 77.9 Å². The van der Waals surface area contributed by atoms with Gasteiger partial charge in [-0.15, -0.1) is 0 Å². The summed E-state index contributed by atoms with van der Waals surface area (Å²) in [6, 6.07) is -0.136. The zero-order valence-corrected chi connectivity index (χ0v) is 13.3. The molecule has 0 aromatic carbocycles. The summed E-state index contributed by atoms with van der Waals surface area (Å²) in [5.41, 5.74) is 0. The fourth-order valence-corrected chi connectivity index (χ4v) is 2.61. The average Bonchev–Trinajstić information content (AvgIpc) is 2.75. The molecule has 1 rings (SSSR count). The molecule has 6 heteroatoms. The smallest absolute Gasteiger partial charge is 0.323 e. The van der Waals surface area contributed by atoms with Gasteiger partial charge in [-0.2, -0.15) is 0 Å². The van der Waals surface area contributed by atoms with Gasteiger partial charge in [-0.25, -0.2) is 0 Å². The molecule has 1 aliphatic rings. The van der Waals surface area contributed by atoms with E-state index in [4.69, 9.17) is 5.11 Å². The molecule has 0 aliphatic carbocycles. The number of carbonyl (C=O) groups is 3. The lowest BCUT2D eigenvalue weighted by molar-refractivity contribution is -0.148. The molecular formula is C15H26N2O4. The second kappa shape index (κ2) is 7.43. The maximum Gasteiger partial charge on any atom is 0.323 e. The normalized spacial score (nSPS) is 20.0. The molecule has 120 valence electrons. The quantitative estimate of drug-likeness (QED) is 0.766. The Balaban J connectivity index is 2.76. The molecular weight excluding hydrogens is 272 g/mol. The standard InChI is InChI=1S/C15H26N2O4/c1-5-11(4)17(9-14(19)20)15(21)12-6-13(18)16(8-12)7-10(2)3/h10-12H,5-9H2,1-4H3,(H,19,20). The number of amides is 2. The minimum atomic E-state index is -1.02. The minimum Gasteiger partial charge on any atom is -0.480 e. The summed E-state index contributed by atoms with van der Waals surface area (Å²) in [6.45, 7) is 8.55. The number of carboxylic acid groups (broad SMARTS) is 1. The fraction of sp³-hybridized carbons (Fsp3) is 0.800. The first-order chi connectivity index (χ1) is 9.76. The van der Waals surface area contributed by atoms with E-state index in [2.05, 4.69) is 0 Å². The molecule has 2 amide bonds. The second-order valence-electron chi connectivity index (χ2n) is 6.21. The molecule has 1 saturated heterocycles. The summed E-state index contributed by atoms with van der Waals surface area (Å²) in [5.74, 6) is -1.31. The van der Waals surface area contributed by atoms with Gasteiger partial charge in [-0.3, -0.25) is 14.4 Å². The highest BCUT2D eigenvalue weighted by Crippen LogP contribution is 2.22. The lowest BCUT2D eigenvalue weighted by Crippen LogP contribution is -2.45. The lowest BCUT2D eigenvalue weighted by Gasteiger charge is -2.29. The lowest BCUT2D eigenvalue weighted by atomic mass is 10.1. The van der Waals surface area contributed by atoms with E-state index in [-0.39, 0.29) is 30.8 Å². The molecule has 1 aliphatic heterocycles. The van der Waals surface area contributed by atoms with Crippen molar-refractivity contribution >= 4 is 17.8 Å². The molecule has 0 aromatic heterocycles. The molecule has 0 bridgehead atoms. The molecule has 2 atom stereocenters. The fourth-order valence-electron chi connectivity index (χ4n) is 2.61. The molecule has 1 heterocycles. The first kappa shape index (κ1) is 17.5. The summed E-state index contributed by atoms with van der Waals surface area (Å²) in [5, 5.41) is 8.97. The van der Waals surface area contributed by atoms with Crippen molar-refractivity contribution in [1.82, 2.24) is 9.80 Å². The summed E-state index contributed by atoms with van der Waals surface area (Å²) in [7, 11) is 0. The van der Waals surface area contributed by atoms with Crippen molar-refractivity contribution in [2.24, 2.45) is 11.8 Å². The zero-order valence-electron chi connectivity index (χ0n) is 13.3. The zero-order chi connectivity index (χ0) is 16.2. The van der Waals surface area contributed by atoms with Crippen LogP contribution in [0.1, 0.15) is 40.5 Å². The molecule has 0 spiro atoms. The Hall–Kier alpha value is -1.59. The number of nitrogens with zero attached hydrogens (tertiary/aromatic N) is 2. The molecule has 0 radical (unpaired) electrons. The second-order valence-corrected chi connectivity index (χ2v) is 6.21. The third-order valence-corrected chi connectivity index (χ3v) is 3.86. The van der Waals surface area contributed by atoms with Gasteiger partial charge in [0, 0.05) is 25.6 Å². The van der Waals surface area contributed by atoms with Crippen LogP contribution in [-0.2, 0) is 14.4 Å². The number of hydrogen-bond donors (Lipinski definition) is 1. The number of carboxylic acids is 1. The number of aliphatic carboxylic acids is 1. The molecule has 1 N–H and O–H groups in total. The van der Waals surface area contributed by atoms with Crippen LogP contribution in [0.2, 0.25) is 0 Å². The number of carbonyl (C=O) groups excluding carboxylic acids is 2. The maximum absolute atomic E-state index is 12.5. The van der Waals surface area contributed by atoms with Gasteiger partial charge in [0.05, 0.1) is 5.92 Å². The molecule has 0 saturated carbocycles. The molecule has 1 fully saturated rings. The Morgan fingerprint density at radius 3 is 2.48 bits per heavy atom. The Bertz CT molecular complexity index is 408. The van der Waals surface area contributed by atoms with E-state index in [0.29, 0.717) is 25.4 Å². The first-order valence-electron chi connectivity index (χ1n) is 7.56. The third-order valence-electron chi connectivity index (χ3n) is 3.86. The van der Waals surface area contributed by atoms with Crippen molar-refractivity contribution in [1.29, 1.82) is 0 Å². The average molecular weight is 298 g/mol. The SMILES string of the molecule is CCC(C)N(CC(=O)O)C(=O)C1CC(=O)N(CC(C)C)C1. The minimum absolute atomic E-state index is 0.0125. The van der Waals surface area contributed by atoms with E-state index < -0.39 is 11.9 Å². The van der Waals surface area contributed by atoms with Gasteiger partial charge in [-0.1, -0.05) is 20.8 Å². The van der Waals surface area contributed by atoms with Gasteiger partial charge in [0.15, 0.2) is 0 Å². The van der Waals surface area contributed by atoms with Gasteiger partial charge in [0.2, 0.25) is 11.8 Å². The third kappa shape index (κ3) is 4.72. The highest BCUT2D eigenvalue weighted by molar-refractivity contribution is 5.90. The maximum atomic E-state index is 12.5. The number of likely N-dealkylation sites (tertiary alicyclic amines) is 1. The monoisotopic (exact) mass is 298 g/mol.